The smallest absolute Gasteiger partial charge is 0.276 e. The standard InChI is InChI=1S/C23H32N6O3/c1-7-31-22(32-8-2)15-28-14-20(24-26-28)23(30)27(6)13-19-17(4)25-29(18(19)5)21-12-10-9-11-16(21)3/h9-12,14,22H,7-8,13,15H2,1-6H3. The number of hydrogen-bond donors (Lipinski definition) is 0. The first kappa shape index (κ1) is 23.6. The molecule has 9 nitrogen and oxygen atoms in total. The van der Waals surface area contributed by atoms with Gasteiger partial charge in [0.15, 0.2) is 12.0 Å². The number of hydrogen-bond acceptors (Lipinski definition) is 6. The zero-order valence-corrected chi connectivity index (χ0v) is 19.7. The predicted octanol–water partition coefficient (Wildman–Crippen LogP) is 3.06. The van der Waals surface area contributed by atoms with Gasteiger partial charge in [-0.2, -0.15) is 5.10 Å². The van der Waals surface area contributed by atoms with E-state index in [4.69, 9.17) is 14.6 Å². The van der Waals surface area contributed by atoms with Gasteiger partial charge in [0.1, 0.15) is 0 Å². The molecule has 0 atom stereocenters. The molecule has 1 aromatic carbocycles. The fraction of sp³-hybridized carbons (Fsp3) is 0.478. The highest BCUT2D eigenvalue weighted by Gasteiger charge is 2.21. The Bertz CT molecular complexity index is 1050. The summed E-state index contributed by atoms with van der Waals surface area (Å²) in [6.07, 6.45) is 1.20. The molecule has 3 rings (SSSR count). The van der Waals surface area contributed by atoms with Crippen molar-refractivity contribution in [3.05, 3.63) is 58.7 Å². The Kier molecular flexibility index (Phi) is 7.76. The number of nitrogens with zero attached hydrogens (tertiary/aromatic N) is 6. The lowest BCUT2D eigenvalue weighted by Gasteiger charge is -2.17. The Balaban J connectivity index is 1.73. The summed E-state index contributed by atoms with van der Waals surface area (Å²) in [4.78, 5) is 14.6. The molecule has 2 heterocycles. The number of aromatic nitrogens is 5. The molecule has 32 heavy (non-hydrogen) atoms. The number of para-hydroxylation sites is 1. The third-order valence-corrected chi connectivity index (χ3v) is 5.33. The van der Waals surface area contributed by atoms with Crippen molar-refractivity contribution in [1.29, 1.82) is 0 Å². The van der Waals surface area contributed by atoms with Crippen LogP contribution in [0.15, 0.2) is 30.5 Å². The number of aryl methyl sites for hydroxylation is 2. The van der Waals surface area contributed by atoms with Crippen LogP contribution >= 0.6 is 0 Å². The molecule has 0 aliphatic heterocycles. The lowest BCUT2D eigenvalue weighted by atomic mass is 10.1. The van der Waals surface area contributed by atoms with Crippen LogP contribution < -0.4 is 0 Å². The first-order valence-corrected chi connectivity index (χ1v) is 10.9. The summed E-state index contributed by atoms with van der Waals surface area (Å²) in [5.41, 5.74) is 5.38. The number of rotatable bonds is 10. The van der Waals surface area contributed by atoms with E-state index >= 15 is 0 Å². The van der Waals surface area contributed by atoms with Gasteiger partial charge in [0.25, 0.3) is 5.91 Å². The van der Waals surface area contributed by atoms with Crippen LogP contribution in [0, 0.1) is 20.8 Å². The molecule has 9 heteroatoms. The van der Waals surface area contributed by atoms with Gasteiger partial charge in [0, 0.05) is 38.1 Å². The Hall–Kier alpha value is -3.04. The maximum absolute atomic E-state index is 13.0. The van der Waals surface area contributed by atoms with Gasteiger partial charge in [0.05, 0.1) is 24.1 Å². The molecule has 0 saturated heterocycles. The van der Waals surface area contributed by atoms with Gasteiger partial charge >= 0.3 is 0 Å². The fourth-order valence-corrected chi connectivity index (χ4v) is 3.61. The van der Waals surface area contributed by atoms with Crippen LogP contribution in [0.25, 0.3) is 5.69 Å². The summed E-state index contributed by atoms with van der Waals surface area (Å²) in [6.45, 7) is 11.7. The van der Waals surface area contributed by atoms with Gasteiger partial charge in [-0.1, -0.05) is 23.4 Å². The van der Waals surface area contributed by atoms with E-state index in [2.05, 4.69) is 23.3 Å². The average Bonchev–Trinajstić information content (AvgIpc) is 3.34. The molecule has 0 saturated carbocycles. The van der Waals surface area contributed by atoms with E-state index < -0.39 is 6.29 Å². The summed E-state index contributed by atoms with van der Waals surface area (Å²) in [6, 6.07) is 8.12. The fourth-order valence-electron chi connectivity index (χ4n) is 3.61. The van der Waals surface area contributed by atoms with Crippen LogP contribution in [-0.4, -0.2) is 62.1 Å². The third-order valence-electron chi connectivity index (χ3n) is 5.33. The van der Waals surface area contributed by atoms with Crippen molar-refractivity contribution < 1.29 is 14.3 Å². The van der Waals surface area contributed by atoms with Crippen LogP contribution in [-0.2, 0) is 22.6 Å². The molecule has 0 aliphatic rings. The van der Waals surface area contributed by atoms with Crippen molar-refractivity contribution in [3.63, 3.8) is 0 Å². The van der Waals surface area contributed by atoms with E-state index in [1.54, 1.807) is 22.8 Å². The molecular weight excluding hydrogens is 408 g/mol. The SMILES string of the molecule is CCOC(Cn1cc(C(=O)N(C)Cc2c(C)nn(-c3ccccc3C)c2C)nn1)OCC. The van der Waals surface area contributed by atoms with Gasteiger partial charge in [-0.05, 0) is 46.2 Å². The highest BCUT2D eigenvalue weighted by atomic mass is 16.7. The van der Waals surface area contributed by atoms with Crippen molar-refractivity contribution in [1.82, 2.24) is 29.7 Å². The second-order valence-corrected chi connectivity index (χ2v) is 7.67. The molecule has 0 fully saturated rings. The van der Waals surface area contributed by atoms with Crippen molar-refractivity contribution in [2.45, 2.75) is 54.0 Å². The first-order valence-electron chi connectivity index (χ1n) is 10.9. The second-order valence-electron chi connectivity index (χ2n) is 7.67. The summed E-state index contributed by atoms with van der Waals surface area (Å²) < 4.78 is 14.6. The zero-order chi connectivity index (χ0) is 23.3. The topological polar surface area (TPSA) is 87.3 Å². The first-order chi connectivity index (χ1) is 15.3. The van der Waals surface area contributed by atoms with Gasteiger partial charge < -0.3 is 14.4 Å². The van der Waals surface area contributed by atoms with Crippen LogP contribution in [0.3, 0.4) is 0 Å². The van der Waals surface area contributed by atoms with E-state index in [0.29, 0.717) is 26.3 Å². The largest absolute Gasteiger partial charge is 0.351 e. The maximum Gasteiger partial charge on any atom is 0.276 e. The van der Waals surface area contributed by atoms with Gasteiger partial charge in [-0.15, -0.1) is 5.10 Å². The summed E-state index contributed by atoms with van der Waals surface area (Å²) >= 11 is 0. The number of carbonyl (C=O) groups excluding carboxylic acids is 1. The molecule has 0 spiro atoms. The summed E-state index contributed by atoms with van der Waals surface area (Å²) in [5.74, 6) is -0.205. The minimum atomic E-state index is -0.426. The summed E-state index contributed by atoms with van der Waals surface area (Å²) in [7, 11) is 1.76. The minimum absolute atomic E-state index is 0.205. The molecule has 0 unspecified atom stereocenters. The lowest BCUT2D eigenvalue weighted by molar-refractivity contribution is -0.145. The van der Waals surface area contributed by atoms with E-state index in [-0.39, 0.29) is 11.6 Å². The minimum Gasteiger partial charge on any atom is -0.351 e. The molecule has 0 aliphatic carbocycles. The van der Waals surface area contributed by atoms with E-state index in [1.807, 2.05) is 50.6 Å². The Morgan fingerprint density at radius 3 is 2.47 bits per heavy atom. The predicted molar refractivity (Wildman–Crippen MR) is 121 cm³/mol. The van der Waals surface area contributed by atoms with Gasteiger partial charge in [-0.25, -0.2) is 9.36 Å². The average molecular weight is 441 g/mol. The zero-order valence-electron chi connectivity index (χ0n) is 19.7. The molecular formula is C23H32N6O3. The number of benzene rings is 1. The van der Waals surface area contributed by atoms with Crippen molar-refractivity contribution >= 4 is 5.91 Å². The van der Waals surface area contributed by atoms with E-state index in [0.717, 1.165) is 28.2 Å². The normalized spacial score (nSPS) is 11.3. The van der Waals surface area contributed by atoms with Crippen LogP contribution in [0.2, 0.25) is 0 Å². The molecule has 3 aromatic rings. The van der Waals surface area contributed by atoms with Crippen LogP contribution in [0.4, 0.5) is 0 Å². The molecule has 2 aromatic heterocycles. The lowest BCUT2D eigenvalue weighted by Crippen LogP contribution is -2.27. The highest BCUT2D eigenvalue weighted by molar-refractivity contribution is 5.91. The second kappa shape index (κ2) is 10.5. The molecule has 0 N–H and O–H groups in total. The van der Waals surface area contributed by atoms with Gasteiger partial charge in [0.2, 0.25) is 0 Å². The summed E-state index contributed by atoms with van der Waals surface area (Å²) in [5, 5.41) is 12.8. The molecule has 0 radical (unpaired) electrons. The quantitative estimate of drug-likeness (QED) is 0.450. The van der Waals surface area contributed by atoms with Crippen LogP contribution in [0.1, 0.15) is 46.9 Å². The van der Waals surface area contributed by atoms with Crippen molar-refractivity contribution in [2.75, 3.05) is 20.3 Å². The molecule has 1 amide bonds. The van der Waals surface area contributed by atoms with E-state index in [9.17, 15) is 4.79 Å². The van der Waals surface area contributed by atoms with Crippen molar-refractivity contribution in [2.24, 2.45) is 0 Å². The number of carbonyl (C=O) groups is 1. The van der Waals surface area contributed by atoms with Crippen molar-refractivity contribution in [3.8, 4) is 5.69 Å². The van der Waals surface area contributed by atoms with Gasteiger partial charge in [-0.3, -0.25) is 4.79 Å². The Morgan fingerprint density at radius 2 is 1.81 bits per heavy atom. The Labute approximate surface area is 188 Å². The third kappa shape index (κ3) is 5.23. The highest BCUT2D eigenvalue weighted by Crippen LogP contribution is 2.21. The van der Waals surface area contributed by atoms with E-state index in [1.165, 1.54) is 0 Å². The maximum atomic E-state index is 13.0. The molecule has 172 valence electrons. The number of ether oxygens (including phenoxy) is 2. The number of amides is 1. The Morgan fingerprint density at radius 1 is 1.12 bits per heavy atom. The van der Waals surface area contributed by atoms with Crippen LogP contribution in [0.5, 0.6) is 0 Å². The monoisotopic (exact) mass is 440 g/mol. The molecule has 0 bridgehead atoms.